The molecule has 0 aliphatic carbocycles. The second kappa shape index (κ2) is 10.2. The van der Waals surface area contributed by atoms with E-state index in [-0.39, 0.29) is 22.1 Å². The summed E-state index contributed by atoms with van der Waals surface area (Å²) < 4.78 is 33.3. The number of hydrogen-bond acceptors (Lipinski definition) is 5. The minimum Gasteiger partial charge on any atom is -0.495 e. The molecule has 0 fully saturated rings. The van der Waals surface area contributed by atoms with E-state index in [9.17, 15) is 13.2 Å². The summed E-state index contributed by atoms with van der Waals surface area (Å²) >= 11 is 0. The highest BCUT2D eigenvalue weighted by Crippen LogP contribution is 2.26. The summed E-state index contributed by atoms with van der Waals surface area (Å²) in [4.78, 5) is 14.6. The monoisotopic (exact) mass is 447 g/mol. The Morgan fingerprint density at radius 2 is 1.71 bits per heavy atom. The number of carbonyl (C=O) groups is 1. The fraction of sp³-hybridized carbons (Fsp3) is 0.435. The van der Waals surface area contributed by atoms with E-state index in [1.54, 1.807) is 26.8 Å². The first-order chi connectivity index (χ1) is 14.4. The second-order valence-electron chi connectivity index (χ2n) is 8.64. The van der Waals surface area contributed by atoms with Crippen molar-refractivity contribution in [3.63, 3.8) is 0 Å². The van der Waals surface area contributed by atoms with Crippen LogP contribution in [-0.2, 0) is 16.4 Å². The molecule has 170 valence electrons. The summed E-state index contributed by atoms with van der Waals surface area (Å²) in [7, 11) is 1.55. The molecule has 0 unspecified atom stereocenters. The van der Waals surface area contributed by atoms with Crippen LogP contribution < -0.4 is 19.7 Å². The van der Waals surface area contributed by atoms with Crippen LogP contribution in [0.3, 0.4) is 0 Å². The predicted octanol–water partition coefficient (Wildman–Crippen LogP) is 3.20. The number of nitrogens with one attached hydrogen (secondary N) is 2. The highest BCUT2D eigenvalue weighted by Gasteiger charge is 2.26. The number of nitrogens with zero attached hydrogens (tertiary/aromatic N) is 1. The minimum absolute atomic E-state index is 0.0569. The first-order valence-electron chi connectivity index (χ1n) is 10.2. The molecule has 0 bridgehead atoms. The summed E-state index contributed by atoms with van der Waals surface area (Å²) in [6.45, 7) is 5.74. The fourth-order valence-corrected chi connectivity index (χ4v) is 4.66. The number of aryl methyl sites for hydroxylation is 1. The molecular formula is C23H33N3O4S. The first-order valence-corrected chi connectivity index (χ1v) is 11.7. The van der Waals surface area contributed by atoms with Gasteiger partial charge in [0.2, 0.25) is 10.0 Å². The van der Waals surface area contributed by atoms with Crippen LogP contribution in [-0.4, -0.2) is 47.6 Å². The Morgan fingerprint density at radius 1 is 1.06 bits per heavy atom. The molecule has 2 aromatic rings. The van der Waals surface area contributed by atoms with Crippen LogP contribution in [0, 0.1) is 0 Å². The summed E-state index contributed by atoms with van der Waals surface area (Å²) in [5.41, 5.74) is 1.95. The lowest BCUT2D eigenvalue weighted by Gasteiger charge is -2.21. The van der Waals surface area contributed by atoms with Crippen LogP contribution in [0.15, 0.2) is 47.4 Å². The molecule has 0 spiro atoms. The van der Waals surface area contributed by atoms with Crippen LogP contribution in [0.2, 0.25) is 0 Å². The maximum atomic E-state index is 12.8. The number of methoxy groups -OCH3 is 1. The SMILES string of the molecule is COc1ccc(C(=O)NCCCc2ccc(N(C)C)cc2)cc1S(=O)(=O)NC(C)(C)C. The highest BCUT2D eigenvalue weighted by molar-refractivity contribution is 7.89. The van der Waals surface area contributed by atoms with Crippen LogP contribution in [0.5, 0.6) is 5.75 Å². The zero-order valence-electron chi connectivity index (χ0n) is 19.2. The number of anilines is 1. The largest absolute Gasteiger partial charge is 0.495 e. The van der Waals surface area contributed by atoms with E-state index in [4.69, 9.17) is 4.74 Å². The molecule has 0 radical (unpaired) electrons. The van der Waals surface area contributed by atoms with Gasteiger partial charge in [0.25, 0.3) is 5.91 Å². The third kappa shape index (κ3) is 7.25. The molecule has 2 aromatic carbocycles. The average Bonchev–Trinajstić information content (AvgIpc) is 2.69. The van der Waals surface area contributed by atoms with Crippen LogP contribution in [0.4, 0.5) is 5.69 Å². The standard InChI is InChI=1S/C23H33N3O4S/c1-23(2,3)25-31(28,29)21-16-18(11-14-20(21)30-6)22(27)24-15-7-8-17-9-12-19(13-10-17)26(4)5/h9-14,16,25H,7-8,15H2,1-6H3,(H,24,27). The van der Waals surface area contributed by atoms with Crippen LogP contribution >= 0.6 is 0 Å². The predicted molar refractivity (Wildman–Crippen MR) is 124 cm³/mol. The number of rotatable bonds is 9. The topological polar surface area (TPSA) is 87.7 Å². The molecule has 2 N–H and O–H groups in total. The summed E-state index contributed by atoms with van der Waals surface area (Å²) in [5.74, 6) is -0.132. The Morgan fingerprint density at radius 3 is 2.26 bits per heavy atom. The van der Waals surface area contributed by atoms with Gasteiger partial charge in [0, 0.05) is 37.4 Å². The van der Waals surface area contributed by atoms with E-state index in [0.717, 1.165) is 18.5 Å². The molecule has 0 aromatic heterocycles. The van der Waals surface area contributed by atoms with Crippen molar-refractivity contribution in [3.8, 4) is 5.75 Å². The lowest BCUT2D eigenvalue weighted by molar-refractivity contribution is 0.0953. The molecule has 0 atom stereocenters. The van der Waals surface area contributed by atoms with Gasteiger partial charge in [-0.25, -0.2) is 13.1 Å². The zero-order valence-corrected chi connectivity index (χ0v) is 20.0. The quantitative estimate of drug-likeness (QED) is 0.577. The van der Waals surface area contributed by atoms with Gasteiger partial charge in [0.1, 0.15) is 10.6 Å². The van der Waals surface area contributed by atoms with E-state index >= 15 is 0 Å². The smallest absolute Gasteiger partial charge is 0.251 e. The molecule has 0 aliphatic rings. The van der Waals surface area contributed by atoms with E-state index in [0.29, 0.717) is 6.54 Å². The zero-order chi connectivity index (χ0) is 23.2. The number of ether oxygens (including phenoxy) is 1. The number of hydrogen-bond donors (Lipinski definition) is 2. The van der Waals surface area contributed by atoms with Gasteiger partial charge in [-0.1, -0.05) is 12.1 Å². The van der Waals surface area contributed by atoms with Crippen molar-refractivity contribution in [1.82, 2.24) is 10.0 Å². The van der Waals surface area contributed by atoms with Crippen LogP contribution in [0.1, 0.15) is 43.1 Å². The van der Waals surface area contributed by atoms with E-state index in [2.05, 4.69) is 34.3 Å². The van der Waals surface area contributed by atoms with Gasteiger partial charge in [-0.05, 0) is 69.5 Å². The van der Waals surface area contributed by atoms with E-state index < -0.39 is 15.6 Å². The normalized spacial score (nSPS) is 11.8. The summed E-state index contributed by atoms with van der Waals surface area (Å²) in [5, 5.41) is 2.86. The van der Waals surface area contributed by atoms with Gasteiger partial charge >= 0.3 is 0 Å². The summed E-state index contributed by atoms with van der Waals surface area (Å²) in [6.07, 6.45) is 1.62. The van der Waals surface area contributed by atoms with Gasteiger partial charge in [-0.15, -0.1) is 0 Å². The van der Waals surface area contributed by atoms with Gasteiger partial charge in [-0.3, -0.25) is 4.79 Å². The van der Waals surface area contributed by atoms with Gasteiger partial charge < -0.3 is 15.0 Å². The number of sulfonamides is 1. The minimum atomic E-state index is -3.85. The summed E-state index contributed by atoms with van der Waals surface area (Å²) in [6, 6.07) is 12.7. The maximum Gasteiger partial charge on any atom is 0.251 e. The Labute approximate surface area is 185 Å². The molecule has 7 nitrogen and oxygen atoms in total. The molecular weight excluding hydrogens is 414 g/mol. The number of benzene rings is 2. The van der Waals surface area contributed by atoms with Crippen molar-refractivity contribution in [2.75, 3.05) is 32.6 Å². The Hall–Kier alpha value is -2.58. The third-order valence-corrected chi connectivity index (χ3v) is 6.32. The lowest BCUT2D eigenvalue weighted by atomic mass is 10.1. The first kappa shape index (κ1) is 24.7. The second-order valence-corrected chi connectivity index (χ2v) is 10.3. The van der Waals surface area contributed by atoms with Gasteiger partial charge in [0.05, 0.1) is 7.11 Å². The van der Waals surface area contributed by atoms with Crippen molar-refractivity contribution >= 4 is 21.6 Å². The molecule has 8 heteroatoms. The molecule has 0 saturated carbocycles. The molecule has 0 aliphatic heterocycles. The maximum absolute atomic E-state index is 12.8. The van der Waals surface area contributed by atoms with Crippen molar-refractivity contribution in [2.45, 2.75) is 44.0 Å². The third-order valence-electron chi connectivity index (χ3n) is 4.54. The van der Waals surface area contributed by atoms with Gasteiger partial charge in [-0.2, -0.15) is 0 Å². The van der Waals surface area contributed by atoms with Crippen molar-refractivity contribution in [3.05, 3.63) is 53.6 Å². The fourth-order valence-electron chi connectivity index (χ4n) is 3.04. The number of amides is 1. The Bertz CT molecular complexity index is 994. The van der Waals surface area contributed by atoms with E-state index in [1.165, 1.54) is 24.8 Å². The molecule has 0 saturated heterocycles. The Kier molecular flexibility index (Phi) is 8.08. The highest BCUT2D eigenvalue weighted by atomic mass is 32.2. The molecule has 2 rings (SSSR count). The van der Waals surface area contributed by atoms with E-state index in [1.807, 2.05) is 19.0 Å². The molecule has 31 heavy (non-hydrogen) atoms. The van der Waals surface area contributed by atoms with Crippen molar-refractivity contribution in [1.29, 1.82) is 0 Å². The van der Waals surface area contributed by atoms with Crippen molar-refractivity contribution in [2.24, 2.45) is 0 Å². The molecule has 1 amide bonds. The lowest BCUT2D eigenvalue weighted by Crippen LogP contribution is -2.40. The van der Waals surface area contributed by atoms with Gasteiger partial charge in [0.15, 0.2) is 0 Å². The van der Waals surface area contributed by atoms with Crippen LogP contribution in [0.25, 0.3) is 0 Å². The average molecular weight is 448 g/mol. The Balaban J connectivity index is 2.02. The number of carbonyl (C=O) groups excluding carboxylic acids is 1. The molecule has 0 heterocycles. The van der Waals surface area contributed by atoms with Crippen molar-refractivity contribution < 1.29 is 17.9 Å².